The molecule has 4 nitrogen and oxygen atoms in total. The summed E-state index contributed by atoms with van der Waals surface area (Å²) in [6, 6.07) is 8.87. The monoisotopic (exact) mass is 232 g/mol. The zero-order valence-corrected chi connectivity index (χ0v) is 9.84. The Balaban J connectivity index is 2.16. The van der Waals surface area contributed by atoms with Crippen LogP contribution in [0.3, 0.4) is 0 Å². The van der Waals surface area contributed by atoms with Crippen molar-refractivity contribution in [2.75, 3.05) is 19.7 Å². The Labute approximate surface area is 101 Å². The van der Waals surface area contributed by atoms with Crippen LogP contribution in [0.4, 0.5) is 0 Å². The molecule has 17 heavy (non-hydrogen) atoms. The molecule has 90 valence electrons. The first-order valence-electron chi connectivity index (χ1n) is 5.75. The van der Waals surface area contributed by atoms with Crippen LogP contribution in [0.1, 0.15) is 18.5 Å². The second-order valence-corrected chi connectivity index (χ2v) is 4.30. The van der Waals surface area contributed by atoms with E-state index < -0.39 is 0 Å². The van der Waals surface area contributed by atoms with Crippen LogP contribution in [0, 0.1) is 11.3 Å². The average Bonchev–Trinajstić information content (AvgIpc) is 2.33. The summed E-state index contributed by atoms with van der Waals surface area (Å²) in [6.07, 6.45) is 0.164. The van der Waals surface area contributed by atoms with Crippen molar-refractivity contribution in [3.63, 3.8) is 0 Å². The maximum atomic E-state index is 9.29. The Morgan fingerprint density at radius 1 is 1.47 bits per heavy atom. The Morgan fingerprint density at radius 2 is 2.18 bits per heavy atom. The van der Waals surface area contributed by atoms with Gasteiger partial charge in [0, 0.05) is 13.1 Å². The fourth-order valence-electron chi connectivity index (χ4n) is 2.10. The number of hydrogen-bond donors (Lipinski definition) is 1. The van der Waals surface area contributed by atoms with Crippen molar-refractivity contribution < 1.29 is 9.84 Å². The lowest BCUT2D eigenvalue weighted by Crippen LogP contribution is -2.42. The third-order valence-corrected chi connectivity index (χ3v) is 2.97. The molecule has 2 rings (SSSR count). The molecule has 1 aromatic carbocycles. The molecular formula is C13H16N2O2. The summed E-state index contributed by atoms with van der Waals surface area (Å²) >= 11 is 0. The summed E-state index contributed by atoms with van der Waals surface area (Å²) in [6.45, 7) is 4.21. The molecule has 0 aliphatic carbocycles. The highest BCUT2D eigenvalue weighted by molar-refractivity contribution is 5.30. The van der Waals surface area contributed by atoms with Gasteiger partial charge in [0.2, 0.25) is 0 Å². The zero-order valence-electron chi connectivity index (χ0n) is 9.84. The zero-order chi connectivity index (χ0) is 12.3. The molecule has 1 aliphatic rings. The first kappa shape index (κ1) is 11.9. The van der Waals surface area contributed by atoms with Gasteiger partial charge in [0.15, 0.2) is 0 Å². The Morgan fingerprint density at radius 3 is 2.76 bits per heavy atom. The molecule has 0 saturated carbocycles. The number of aromatic hydroxyl groups is 1. The molecular weight excluding hydrogens is 216 g/mol. The van der Waals surface area contributed by atoms with Crippen molar-refractivity contribution in [2.24, 2.45) is 0 Å². The van der Waals surface area contributed by atoms with E-state index in [4.69, 9.17) is 4.74 Å². The first-order valence-corrected chi connectivity index (χ1v) is 5.75. The van der Waals surface area contributed by atoms with Gasteiger partial charge in [0.25, 0.3) is 0 Å². The lowest BCUT2D eigenvalue weighted by molar-refractivity contribution is -0.0269. The van der Waals surface area contributed by atoms with E-state index in [-0.39, 0.29) is 17.9 Å². The van der Waals surface area contributed by atoms with Gasteiger partial charge >= 0.3 is 0 Å². The minimum atomic E-state index is -0.262. The number of nitrogens with zero attached hydrogens (tertiary/aromatic N) is 2. The number of phenolic OH excluding ortho intramolecular Hbond substituents is 1. The van der Waals surface area contributed by atoms with Crippen molar-refractivity contribution in [3.8, 4) is 11.8 Å². The largest absolute Gasteiger partial charge is 0.508 e. The molecule has 0 amide bonds. The van der Waals surface area contributed by atoms with E-state index in [0.717, 1.165) is 18.7 Å². The number of benzene rings is 1. The van der Waals surface area contributed by atoms with Gasteiger partial charge < -0.3 is 9.84 Å². The number of morpholine rings is 1. The van der Waals surface area contributed by atoms with Gasteiger partial charge in [-0.1, -0.05) is 12.1 Å². The topological polar surface area (TPSA) is 56.5 Å². The van der Waals surface area contributed by atoms with E-state index in [0.29, 0.717) is 6.61 Å². The average molecular weight is 232 g/mol. The van der Waals surface area contributed by atoms with Gasteiger partial charge in [0.1, 0.15) is 11.8 Å². The van der Waals surface area contributed by atoms with Gasteiger partial charge in [-0.15, -0.1) is 0 Å². The van der Waals surface area contributed by atoms with Crippen LogP contribution in [0.25, 0.3) is 0 Å². The number of nitriles is 1. The highest BCUT2D eigenvalue weighted by Crippen LogP contribution is 2.24. The highest BCUT2D eigenvalue weighted by Gasteiger charge is 2.25. The fraction of sp³-hybridized carbons (Fsp3) is 0.462. The van der Waals surface area contributed by atoms with Crippen LogP contribution in [0.15, 0.2) is 24.3 Å². The van der Waals surface area contributed by atoms with Crippen LogP contribution in [-0.2, 0) is 4.74 Å². The van der Waals surface area contributed by atoms with Crippen LogP contribution in [0.5, 0.6) is 5.75 Å². The van der Waals surface area contributed by atoms with Gasteiger partial charge in [0.05, 0.1) is 18.8 Å². The molecule has 1 saturated heterocycles. The maximum Gasteiger partial charge on any atom is 0.124 e. The SMILES string of the molecule is CC1CN(C(C#N)c2ccc(O)cc2)CCO1. The smallest absolute Gasteiger partial charge is 0.124 e. The van der Waals surface area contributed by atoms with E-state index in [1.807, 2.05) is 6.92 Å². The molecule has 1 heterocycles. The number of rotatable bonds is 2. The van der Waals surface area contributed by atoms with Crippen molar-refractivity contribution in [3.05, 3.63) is 29.8 Å². The summed E-state index contributed by atoms with van der Waals surface area (Å²) < 4.78 is 5.47. The molecule has 1 N–H and O–H groups in total. The normalized spacial score (nSPS) is 22.9. The molecule has 0 radical (unpaired) electrons. The van der Waals surface area contributed by atoms with Crippen LogP contribution >= 0.6 is 0 Å². The van der Waals surface area contributed by atoms with Gasteiger partial charge in [-0.25, -0.2) is 0 Å². The molecule has 0 aromatic heterocycles. The fourth-order valence-corrected chi connectivity index (χ4v) is 2.10. The molecule has 0 spiro atoms. The predicted molar refractivity (Wildman–Crippen MR) is 63.4 cm³/mol. The summed E-state index contributed by atoms with van der Waals surface area (Å²) in [5.74, 6) is 0.223. The number of hydrogen-bond acceptors (Lipinski definition) is 4. The predicted octanol–water partition coefficient (Wildman–Crippen LogP) is 1.68. The Hall–Kier alpha value is -1.57. The quantitative estimate of drug-likeness (QED) is 0.842. The van der Waals surface area contributed by atoms with E-state index in [9.17, 15) is 10.4 Å². The third kappa shape index (κ3) is 2.76. The molecule has 2 atom stereocenters. The van der Waals surface area contributed by atoms with E-state index in [2.05, 4.69) is 11.0 Å². The molecule has 4 heteroatoms. The summed E-state index contributed by atoms with van der Waals surface area (Å²) in [5.41, 5.74) is 0.916. The molecule has 2 unspecified atom stereocenters. The minimum Gasteiger partial charge on any atom is -0.508 e. The van der Waals surface area contributed by atoms with Gasteiger partial charge in [-0.05, 0) is 24.6 Å². The Kier molecular flexibility index (Phi) is 3.62. The van der Waals surface area contributed by atoms with Gasteiger partial charge in [-0.3, -0.25) is 4.90 Å². The van der Waals surface area contributed by atoms with E-state index in [1.54, 1.807) is 24.3 Å². The van der Waals surface area contributed by atoms with Crippen LogP contribution in [-0.4, -0.2) is 35.8 Å². The van der Waals surface area contributed by atoms with Crippen molar-refractivity contribution >= 4 is 0 Å². The standard InChI is InChI=1S/C13H16N2O2/c1-10-9-15(6-7-17-10)13(8-14)11-2-4-12(16)5-3-11/h2-5,10,13,16H,6-7,9H2,1H3. The summed E-state index contributed by atoms with van der Waals surface area (Å²) in [5, 5.41) is 18.5. The van der Waals surface area contributed by atoms with Crippen LogP contribution in [0.2, 0.25) is 0 Å². The second kappa shape index (κ2) is 5.17. The lowest BCUT2D eigenvalue weighted by Gasteiger charge is -2.34. The minimum absolute atomic E-state index is 0.164. The maximum absolute atomic E-state index is 9.29. The second-order valence-electron chi connectivity index (χ2n) is 4.30. The van der Waals surface area contributed by atoms with Crippen molar-refractivity contribution in [1.82, 2.24) is 4.90 Å². The van der Waals surface area contributed by atoms with E-state index >= 15 is 0 Å². The van der Waals surface area contributed by atoms with Crippen molar-refractivity contribution in [1.29, 1.82) is 5.26 Å². The number of ether oxygens (including phenoxy) is 1. The molecule has 0 bridgehead atoms. The summed E-state index contributed by atoms with van der Waals surface area (Å²) in [7, 11) is 0. The van der Waals surface area contributed by atoms with Gasteiger partial charge in [-0.2, -0.15) is 5.26 Å². The highest BCUT2D eigenvalue weighted by atomic mass is 16.5. The van der Waals surface area contributed by atoms with Crippen LogP contribution < -0.4 is 0 Å². The number of phenols is 1. The molecule has 1 aromatic rings. The van der Waals surface area contributed by atoms with Crippen molar-refractivity contribution in [2.45, 2.75) is 19.1 Å². The molecule has 1 fully saturated rings. The van der Waals surface area contributed by atoms with E-state index in [1.165, 1.54) is 0 Å². The summed E-state index contributed by atoms with van der Waals surface area (Å²) in [4.78, 5) is 2.11. The molecule has 1 aliphatic heterocycles. The first-order chi connectivity index (χ1) is 8.20. The third-order valence-electron chi connectivity index (χ3n) is 2.97. The lowest BCUT2D eigenvalue weighted by atomic mass is 10.1. The Bertz CT molecular complexity index is 410.